The first-order valence-corrected chi connectivity index (χ1v) is 11.3. The SMILES string of the molecule is CCOC(=O)c1cc(-c2ccccc2)sc1NC(=S)N1CCCc2cc(C)ccc21. The van der Waals surface area contributed by atoms with Gasteiger partial charge in [-0.15, -0.1) is 11.3 Å². The molecular formula is C24H24N2O2S2. The van der Waals surface area contributed by atoms with E-state index in [0.29, 0.717) is 17.3 Å². The van der Waals surface area contributed by atoms with Gasteiger partial charge in [-0.25, -0.2) is 4.79 Å². The summed E-state index contributed by atoms with van der Waals surface area (Å²) in [5.41, 5.74) is 5.29. The fourth-order valence-corrected chi connectivity index (χ4v) is 5.10. The largest absolute Gasteiger partial charge is 0.462 e. The van der Waals surface area contributed by atoms with Crippen LogP contribution in [0.15, 0.2) is 54.6 Å². The third-order valence-electron chi connectivity index (χ3n) is 5.10. The Balaban J connectivity index is 1.65. The fraction of sp³-hybridized carbons (Fsp3) is 0.250. The van der Waals surface area contributed by atoms with Gasteiger partial charge in [0.1, 0.15) is 5.00 Å². The highest BCUT2D eigenvalue weighted by atomic mass is 32.1. The Morgan fingerprint density at radius 1 is 1.20 bits per heavy atom. The van der Waals surface area contributed by atoms with Crippen LogP contribution in [0.1, 0.15) is 34.8 Å². The van der Waals surface area contributed by atoms with Gasteiger partial charge in [-0.05, 0) is 62.2 Å². The van der Waals surface area contributed by atoms with Gasteiger partial charge >= 0.3 is 5.97 Å². The summed E-state index contributed by atoms with van der Waals surface area (Å²) in [6, 6.07) is 18.4. The average Bonchev–Trinajstić information content (AvgIpc) is 3.17. The molecule has 1 N–H and O–H groups in total. The number of ether oxygens (including phenoxy) is 1. The summed E-state index contributed by atoms with van der Waals surface area (Å²) in [6.45, 7) is 5.11. The highest BCUT2D eigenvalue weighted by Crippen LogP contribution is 2.37. The molecule has 4 nitrogen and oxygen atoms in total. The minimum atomic E-state index is -0.337. The number of benzene rings is 2. The Bertz CT molecular complexity index is 1080. The first-order chi connectivity index (χ1) is 14.6. The van der Waals surface area contributed by atoms with E-state index in [1.54, 1.807) is 0 Å². The number of thiocarbonyl (C=S) groups is 1. The van der Waals surface area contributed by atoms with Gasteiger partial charge in [0.05, 0.1) is 12.2 Å². The standard InChI is InChI=1S/C24H24N2O2S2/c1-3-28-23(27)19-15-21(17-8-5-4-6-9-17)30-22(19)25-24(29)26-13-7-10-18-14-16(2)11-12-20(18)26/h4-6,8-9,11-12,14-15H,3,7,10,13H2,1-2H3,(H,25,29). The number of nitrogens with zero attached hydrogens (tertiary/aromatic N) is 1. The smallest absolute Gasteiger partial charge is 0.341 e. The number of carbonyl (C=O) groups excluding carboxylic acids is 1. The molecule has 0 saturated carbocycles. The second-order valence-electron chi connectivity index (χ2n) is 7.26. The van der Waals surface area contributed by atoms with Crippen LogP contribution in [0.2, 0.25) is 0 Å². The van der Waals surface area contributed by atoms with Crippen molar-refractivity contribution in [3.8, 4) is 10.4 Å². The van der Waals surface area contributed by atoms with Gasteiger partial charge in [-0.3, -0.25) is 0 Å². The third kappa shape index (κ3) is 4.25. The maximum absolute atomic E-state index is 12.6. The summed E-state index contributed by atoms with van der Waals surface area (Å²) in [5.74, 6) is -0.337. The maximum atomic E-state index is 12.6. The molecule has 3 aromatic rings. The van der Waals surface area contributed by atoms with E-state index in [2.05, 4.69) is 35.3 Å². The molecular weight excluding hydrogens is 412 g/mol. The van der Waals surface area contributed by atoms with Crippen molar-refractivity contribution in [3.05, 3.63) is 71.3 Å². The molecule has 0 radical (unpaired) electrons. The highest BCUT2D eigenvalue weighted by molar-refractivity contribution is 7.80. The Kier molecular flexibility index (Phi) is 6.16. The lowest BCUT2D eigenvalue weighted by Gasteiger charge is -2.32. The molecule has 2 aromatic carbocycles. The van der Waals surface area contributed by atoms with Crippen molar-refractivity contribution in [2.24, 2.45) is 0 Å². The van der Waals surface area contributed by atoms with Gasteiger partial charge in [0.25, 0.3) is 0 Å². The summed E-state index contributed by atoms with van der Waals surface area (Å²) in [6.07, 6.45) is 2.10. The lowest BCUT2D eigenvalue weighted by Crippen LogP contribution is -2.38. The normalized spacial score (nSPS) is 12.9. The van der Waals surface area contributed by atoms with Crippen LogP contribution in [0.3, 0.4) is 0 Å². The zero-order valence-corrected chi connectivity index (χ0v) is 18.7. The number of thiophene rings is 1. The van der Waals surface area contributed by atoms with E-state index in [4.69, 9.17) is 17.0 Å². The predicted molar refractivity (Wildman–Crippen MR) is 129 cm³/mol. The van der Waals surface area contributed by atoms with Crippen molar-refractivity contribution in [1.29, 1.82) is 0 Å². The lowest BCUT2D eigenvalue weighted by atomic mass is 10.00. The van der Waals surface area contributed by atoms with Crippen LogP contribution in [0, 0.1) is 6.92 Å². The van der Waals surface area contributed by atoms with Crippen LogP contribution in [0.4, 0.5) is 10.7 Å². The summed E-state index contributed by atoms with van der Waals surface area (Å²) >= 11 is 7.29. The molecule has 6 heteroatoms. The van der Waals surface area contributed by atoms with Gasteiger partial charge in [0.2, 0.25) is 0 Å². The molecule has 0 amide bonds. The minimum absolute atomic E-state index is 0.331. The molecule has 1 aliphatic heterocycles. The van der Waals surface area contributed by atoms with Crippen LogP contribution < -0.4 is 10.2 Å². The van der Waals surface area contributed by atoms with Gasteiger partial charge in [0.15, 0.2) is 5.11 Å². The van der Waals surface area contributed by atoms with Crippen LogP contribution >= 0.6 is 23.6 Å². The highest BCUT2D eigenvalue weighted by Gasteiger charge is 2.24. The van der Waals surface area contributed by atoms with Gasteiger partial charge in [0, 0.05) is 17.1 Å². The fourth-order valence-electron chi connectivity index (χ4n) is 3.69. The quantitative estimate of drug-likeness (QED) is 0.398. The summed E-state index contributed by atoms with van der Waals surface area (Å²) in [5, 5.41) is 4.66. The van der Waals surface area contributed by atoms with Crippen molar-refractivity contribution in [1.82, 2.24) is 0 Å². The third-order valence-corrected chi connectivity index (χ3v) is 6.53. The Morgan fingerprint density at radius 2 is 2.00 bits per heavy atom. The molecule has 0 unspecified atom stereocenters. The topological polar surface area (TPSA) is 41.6 Å². The molecule has 0 atom stereocenters. The zero-order chi connectivity index (χ0) is 21.1. The monoisotopic (exact) mass is 436 g/mol. The summed E-state index contributed by atoms with van der Waals surface area (Å²) in [4.78, 5) is 15.7. The number of nitrogens with one attached hydrogen (secondary N) is 1. The number of carbonyl (C=O) groups is 1. The molecule has 0 saturated heterocycles. The molecule has 0 spiro atoms. The molecule has 2 heterocycles. The zero-order valence-electron chi connectivity index (χ0n) is 17.1. The van der Waals surface area contributed by atoms with E-state index in [-0.39, 0.29) is 5.97 Å². The number of fused-ring (bicyclic) bond motifs is 1. The molecule has 30 heavy (non-hydrogen) atoms. The first-order valence-electron chi connectivity index (χ1n) is 10.1. The molecule has 0 fully saturated rings. The van der Waals surface area contributed by atoms with Crippen LogP contribution in [0.25, 0.3) is 10.4 Å². The van der Waals surface area contributed by atoms with Crippen molar-refractivity contribution < 1.29 is 9.53 Å². The molecule has 1 aliphatic rings. The Morgan fingerprint density at radius 3 is 2.77 bits per heavy atom. The predicted octanol–water partition coefficient (Wildman–Crippen LogP) is 6.05. The molecule has 0 bridgehead atoms. The van der Waals surface area contributed by atoms with E-state index in [1.165, 1.54) is 22.5 Å². The van der Waals surface area contributed by atoms with E-state index in [1.807, 2.05) is 43.3 Å². The van der Waals surface area contributed by atoms with Crippen molar-refractivity contribution >= 4 is 45.3 Å². The number of hydrogen-bond acceptors (Lipinski definition) is 4. The molecule has 4 rings (SSSR count). The number of anilines is 2. The second kappa shape index (κ2) is 8.98. The Hall–Kier alpha value is -2.70. The van der Waals surface area contributed by atoms with Gasteiger partial charge < -0.3 is 15.0 Å². The summed E-state index contributed by atoms with van der Waals surface area (Å²) < 4.78 is 5.29. The Labute approximate surface area is 186 Å². The molecule has 0 aliphatic carbocycles. The first kappa shape index (κ1) is 20.6. The summed E-state index contributed by atoms with van der Waals surface area (Å²) in [7, 11) is 0. The van der Waals surface area contributed by atoms with Crippen LogP contribution in [-0.4, -0.2) is 24.2 Å². The van der Waals surface area contributed by atoms with Crippen LogP contribution in [0.5, 0.6) is 0 Å². The maximum Gasteiger partial charge on any atom is 0.341 e. The van der Waals surface area contributed by atoms with Gasteiger partial charge in [-0.2, -0.15) is 0 Å². The van der Waals surface area contributed by atoms with Crippen molar-refractivity contribution in [2.45, 2.75) is 26.7 Å². The van der Waals surface area contributed by atoms with Crippen LogP contribution in [-0.2, 0) is 11.2 Å². The second-order valence-corrected chi connectivity index (χ2v) is 8.70. The number of aryl methyl sites for hydroxylation is 2. The van der Waals surface area contributed by atoms with E-state index in [0.717, 1.165) is 40.5 Å². The number of hydrogen-bond donors (Lipinski definition) is 1. The minimum Gasteiger partial charge on any atom is -0.462 e. The van der Waals surface area contributed by atoms with Crippen molar-refractivity contribution in [3.63, 3.8) is 0 Å². The van der Waals surface area contributed by atoms with Gasteiger partial charge in [-0.1, -0.05) is 48.0 Å². The molecule has 1 aromatic heterocycles. The number of rotatable bonds is 4. The van der Waals surface area contributed by atoms with E-state index < -0.39 is 0 Å². The number of esters is 1. The lowest BCUT2D eigenvalue weighted by molar-refractivity contribution is 0.0528. The molecule has 154 valence electrons. The van der Waals surface area contributed by atoms with E-state index in [9.17, 15) is 4.79 Å². The van der Waals surface area contributed by atoms with Crippen molar-refractivity contribution in [2.75, 3.05) is 23.4 Å². The van der Waals surface area contributed by atoms with E-state index >= 15 is 0 Å². The average molecular weight is 437 g/mol.